The van der Waals surface area contributed by atoms with Crippen molar-refractivity contribution >= 4 is 17.2 Å². The fourth-order valence-electron chi connectivity index (χ4n) is 2.11. The van der Waals surface area contributed by atoms with Crippen molar-refractivity contribution in [1.29, 1.82) is 0 Å². The Labute approximate surface area is 121 Å². The lowest BCUT2D eigenvalue weighted by Crippen LogP contribution is -2.41. The lowest BCUT2D eigenvalue weighted by Gasteiger charge is -2.14. The van der Waals surface area contributed by atoms with Gasteiger partial charge in [-0.2, -0.15) is 0 Å². The summed E-state index contributed by atoms with van der Waals surface area (Å²) in [6.07, 6.45) is 7.37. The first-order valence-corrected chi connectivity index (χ1v) is 7.46. The third kappa shape index (κ3) is 2.86. The van der Waals surface area contributed by atoms with Crippen LogP contribution in [0, 0.1) is 5.92 Å². The van der Waals surface area contributed by atoms with Crippen LogP contribution in [-0.4, -0.2) is 28.5 Å². The van der Waals surface area contributed by atoms with Crippen LogP contribution in [0.15, 0.2) is 30.7 Å². The first kappa shape index (κ1) is 13.2. The maximum Gasteiger partial charge on any atom is 0.263 e. The smallest absolute Gasteiger partial charge is 0.263 e. The molecular weight excluding hydrogens is 272 g/mol. The second-order valence-electron chi connectivity index (χ2n) is 4.92. The van der Waals surface area contributed by atoms with Gasteiger partial charge in [0.25, 0.3) is 5.91 Å². The Morgan fingerprint density at radius 1 is 1.45 bits per heavy atom. The molecule has 0 aliphatic heterocycles. The van der Waals surface area contributed by atoms with Crippen LogP contribution in [0.5, 0.6) is 0 Å². The van der Waals surface area contributed by atoms with E-state index in [1.807, 2.05) is 12.1 Å². The Kier molecular flexibility index (Phi) is 3.75. The van der Waals surface area contributed by atoms with Gasteiger partial charge in [0.1, 0.15) is 9.88 Å². The standard InChI is InChI=1S/C14H16N4OS/c15-7-11(9-1-2-9)18-13(19)12-8-17-14(20-12)10-3-5-16-6-4-10/h3-6,8-9,11H,1-2,7,15H2,(H,18,19). The number of amides is 1. The topological polar surface area (TPSA) is 80.9 Å². The van der Waals surface area contributed by atoms with Crippen molar-refractivity contribution in [3.05, 3.63) is 35.6 Å². The molecule has 2 aromatic rings. The van der Waals surface area contributed by atoms with E-state index in [4.69, 9.17) is 5.73 Å². The van der Waals surface area contributed by atoms with E-state index in [0.717, 1.165) is 23.4 Å². The molecule has 1 unspecified atom stereocenters. The Balaban J connectivity index is 1.71. The highest BCUT2D eigenvalue weighted by Crippen LogP contribution is 2.32. The fraction of sp³-hybridized carbons (Fsp3) is 0.357. The summed E-state index contributed by atoms with van der Waals surface area (Å²) in [4.78, 5) is 21.1. The molecule has 1 aliphatic carbocycles. The van der Waals surface area contributed by atoms with Gasteiger partial charge in [-0.3, -0.25) is 9.78 Å². The van der Waals surface area contributed by atoms with Crippen LogP contribution in [0.3, 0.4) is 0 Å². The van der Waals surface area contributed by atoms with Gasteiger partial charge in [-0.25, -0.2) is 4.98 Å². The molecular formula is C14H16N4OS. The van der Waals surface area contributed by atoms with Crippen molar-refractivity contribution < 1.29 is 4.79 Å². The summed E-state index contributed by atoms with van der Waals surface area (Å²) in [5, 5.41) is 3.83. The average molecular weight is 288 g/mol. The second kappa shape index (κ2) is 5.68. The van der Waals surface area contributed by atoms with Gasteiger partial charge in [0.15, 0.2) is 0 Å². The number of carbonyl (C=O) groups excluding carboxylic acids is 1. The van der Waals surface area contributed by atoms with Crippen molar-refractivity contribution in [3.63, 3.8) is 0 Å². The molecule has 2 heterocycles. The van der Waals surface area contributed by atoms with Crippen molar-refractivity contribution in [1.82, 2.24) is 15.3 Å². The number of nitrogens with two attached hydrogens (primary N) is 1. The summed E-state index contributed by atoms with van der Waals surface area (Å²) in [5.41, 5.74) is 6.68. The van der Waals surface area contributed by atoms with Gasteiger partial charge in [0, 0.05) is 30.5 Å². The number of hydrogen-bond donors (Lipinski definition) is 2. The predicted octanol–water partition coefficient (Wildman–Crippen LogP) is 1.67. The normalized spacial score (nSPS) is 15.8. The molecule has 3 N–H and O–H groups in total. The molecule has 2 aromatic heterocycles. The highest BCUT2D eigenvalue weighted by Gasteiger charge is 2.31. The van der Waals surface area contributed by atoms with E-state index in [0.29, 0.717) is 17.3 Å². The molecule has 5 nitrogen and oxygen atoms in total. The quantitative estimate of drug-likeness (QED) is 0.877. The molecule has 1 atom stereocenters. The molecule has 0 spiro atoms. The zero-order chi connectivity index (χ0) is 13.9. The molecule has 1 saturated carbocycles. The molecule has 1 fully saturated rings. The molecule has 1 aliphatic rings. The fourth-order valence-corrected chi connectivity index (χ4v) is 2.94. The molecule has 20 heavy (non-hydrogen) atoms. The zero-order valence-corrected chi connectivity index (χ0v) is 11.8. The van der Waals surface area contributed by atoms with E-state index < -0.39 is 0 Å². The first-order valence-electron chi connectivity index (χ1n) is 6.65. The van der Waals surface area contributed by atoms with E-state index in [-0.39, 0.29) is 11.9 Å². The van der Waals surface area contributed by atoms with Crippen LogP contribution in [0.1, 0.15) is 22.5 Å². The van der Waals surface area contributed by atoms with E-state index in [1.54, 1.807) is 18.6 Å². The lowest BCUT2D eigenvalue weighted by atomic mass is 10.2. The maximum atomic E-state index is 12.2. The minimum absolute atomic E-state index is 0.0786. The van der Waals surface area contributed by atoms with Gasteiger partial charge in [-0.15, -0.1) is 11.3 Å². The summed E-state index contributed by atoms with van der Waals surface area (Å²) >= 11 is 1.39. The molecule has 0 bridgehead atoms. The molecule has 104 valence electrons. The number of pyridine rings is 1. The minimum Gasteiger partial charge on any atom is -0.347 e. The molecule has 6 heteroatoms. The molecule has 1 amide bonds. The van der Waals surface area contributed by atoms with Gasteiger partial charge in [-0.1, -0.05) is 0 Å². The highest BCUT2D eigenvalue weighted by molar-refractivity contribution is 7.16. The molecule has 0 saturated heterocycles. The highest BCUT2D eigenvalue weighted by atomic mass is 32.1. The van der Waals surface area contributed by atoms with Crippen molar-refractivity contribution in [2.45, 2.75) is 18.9 Å². The van der Waals surface area contributed by atoms with Crippen LogP contribution in [0.25, 0.3) is 10.6 Å². The Morgan fingerprint density at radius 2 is 2.20 bits per heavy atom. The van der Waals surface area contributed by atoms with E-state index in [2.05, 4.69) is 15.3 Å². The summed E-state index contributed by atoms with van der Waals surface area (Å²) in [6.45, 7) is 0.492. The van der Waals surface area contributed by atoms with Gasteiger partial charge in [0.2, 0.25) is 0 Å². The molecule has 0 radical (unpaired) electrons. The van der Waals surface area contributed by atoms with Crippen LogP contribution < -0.4 is 11.1 Å². The van der Waals surface area contributed by atoms with Crippen molar-refractivity contribution in [2.24, 2.45) is 11.7 Å². The number of carbonyl (C=O) groups is 1. The number of aromatic nitrogens is 2. The second-order valence-corrected chi connectivity index (χ2v) is 5.95. The Morgan fingerprint density at radius 3 is 2.85 bits per heavy atom. The number of nitrogens with zero attached hydrogens (tertiary/aromatic N) is 2. The Hall–Kier alpha value is -1.79. The van der Waals surface area contributed by atoms with Gasteiger partial charge >= 0.3 is 0 Å². The third-order valence-corrected chi connectivity index (χ3v) is 4.46. The third-order valence-electron chi connectivity index (χ3n) is 3.42. The van der Waals surface area contributed by atoms with E-state index >= 15 is 0 Å². The van der Waals surface area contributed by atoms with Gasteiger partial charge < -0.3 is 11.1 Å². The summed E-state index contributed by atoms with van der Waals surface area (Å²) < 4.78 is 0. The van der Waals surface area contributed by atoms with Crippen LogP contribution in [-0.2, 0) is 0 Å². The number of hydrogen-bond acceptors (Lipinski definition) is 5. The van der Waals surface area contributed by atoms with Crippen molar-refractivity contribution in [3.8, 4) is 10.6 Å². The van der Waals surface area contributed by atoms with Gasteiger partial charge in [0.05, 0.1) is 6.20 Å². The Bertz CT molecular complexity index is 594. The minimum atomic E-state index is -0.0786. The first-order chi connectivity index (χ1) is 9.78. The predicted molar refractivity (Wildman–Crippen MR) is 78.4 cm³/mol. The monoisotopic (exact) mass is 288 g/mol. The van der Waals surface area contributed by atoms with Crippen LogP contribution >= 0.6 is 11.3 Å². The van der Waals surface area contributed by atoms with Crippen LogP contribution in [0.4, 0.5) is 0 Å². The summed E-state index contributed by atoms with van der Waals surface area (Å²) in [6, 6.07) is 3.86. The maximum absolute atomic E-state index is 12.2. The summed E-state index contributed by atoms with van der Waals surface area (Å²) in [5.74, 6) is 0.474. The average Bonchev–Trinajstić information content (AvgIpc) is 3.21. The number of rotatable bonds is 5. The number of thiazole rings is 1. The van der Waals surface area contributed by atoms with Crippen molar-refractivity contribution in [2.75, 3.05) is 6.54 Å². The number of nitrogens with one attached hydrogen (secondary N) is 1. The molecule has 3 rings (SSSR count). The van der Waals surface area contributed by atoms with Gasteiger partial charge in [-0.05, 0) is 30.9 Å². The molecule has 0 aromatic carbocycles. The van der Waals surface area contributed by atoms with E-state index in [1.165, 1.54) is 11.3 Å². The largest absolute Gasteiger partial charge is 0.347 e. The zero-order valence-electron chi connectivity index (χ0n) is 11.0. The SMILES string of the molecule is NCC(NC(=O)c1cnc(-c2ccncc2)s1)C1CC1. The lowest BCUT2D eigenvalue weighted by molar-refractivity contribution is 0.0937. The van der Waals surface area contributed by atoms with E-state index in [9.17, 15) is 4.79 Å². The van der Waals surface area contributed by atoms with Crippen LogP contribution in [0.2, 0.25) is 0 Å². The summed E-state index contributed by atoms with van der Waals surface area (Å²) in [7, 11) is 0.